The van der Waals surface area contributed by atoms with E-state index in [1.807, 2.05) is 18.2 Å². The van der Waals surface area contributed by atoms with Crippen molar-refractivity contribution < 1.29 is 24.7 Å². The van der Waals surface area contributed by atoms with Crippen molar-refractivity contribution in [3.05, 3.63) is 75.3 Å². The number of rotatable bonds is 7. The highest BCUT2D eigenvalue weighted by Gasteiger charge is 2.26. The molecule has 0 aliphatic heterocycles. The maximum atomic E-state index is 11.7. The minimum Gasteiger partial charge on any atom is -0.445 e. The molecule has 0 aliphatic carbocycles. The van der Waals surface area contributed by atoms with Crippen LogP contribution in [0.25, 0.3) is 0 Å². The van der Waals surface area contributed by atoms with Gasteiger partial charge in [-0.1, -0.05) is 42.0 Å². The Hall–Kier alpha value is -2.97. The molecular weight excluding hydrogens is 340 g/mol. The monoisotopic (exact) mass is 360 g/mol. The van der Waals surface area contributed by atoms with E-state index in [1.54, 1.807) is 25.1 Å². The van der Waals surface area contributed by atoms with Gasteiger partial charge in [0.05, 0.1) is 10.5 Å². The molecule has 2 atom stereocenters. The molecule has 26 heavy (non-hydrogen) atoms. The summed E-state index contributed by atoms with van der Waals surface area (Å²) >= 11 is 0. The Labute approximate surface area is 150 Å². The zero-order valence-electron chi connectivity index (χ0n) is 14.2. The van der Waals surface area contributed by atoms with E-state index in [2.05, 4.69) is 5.32 Å². The van der Waals surface area contributed by atoms with E-state index in [4.69, 9.17) is 4.74 Å². The van der Waals surface area contributed by atoms with Gasteiger partial charge in [-0.2, -0.15) is 0 Å². The molecule has 0 spiro atoms. The summed E-state index contributed by atoms with van der Waals surface area (Å²) in [4.78, 5) is 22.1. The number of carbonyl (C=O) groups excluding carboxylic acids is 1. The molecule has 2 rings (SSSR count). The van der Waals surface area contributed by atoms with Crippen molar-refractivity contribution in [3.63, 3.8) is 0 Å². The zero-order chi connectivity index (χ0) is 19.1. The number of alkyl carbamates (subject to hydrolysis) is 1. The zero-order valence-corrected chi connectivity index (χ0v) is 14.2. The molecule has 138 valence electrons. The SMILES string of the molecule is Cc1ccc([N+](=O)[O-])c(C(O)C(O)CNC(=O)OCc2ccccc2)c1. The number of benzene rings is 2. The van der Waals surface area contributed by atoms with Crippen LogP contribution in [0.5, 0.6) is 0 Å². The van der Waals surface area contributed by atoms with Crippen molar-refractivity contribution >= 4 is 11.8 Å². The highest BCUT2D eigenvalue weighted by Crippen LogP contribution is 2.28. The van der Waals surface area contributed by atoms with Gasteiger partial charge >= 0.3 is 6.09 Å². The van der Waals surface area contributed by atoms with Gasteiger partial charge in [-0.25, -0.2) is 4.79 Å². The summed E-state index contributed by atoms with van der Waals surface area (Å²) < 4.78 is 4.99. The van der Waals surface area contributed by atoms with Gasteiger partial charge in [-0.05, 0) is 18.6 Å². The lowest BCUT2D eigenvalue weighted by molar-refractivity contribution is -0.386. The van der Waals surface area contributed by atoms with Crippen LogP contribution in [0, 0.1) is 17.0 Å². The Morgan fingerprint density at radius 2 is 1.92 bits per heavy atom. The Balaban J connectivity index is 1.91. The van der Waals surface area contributed by atoms with E-state index in [0.717, 1.165) is 5.56 Å². The van der Waals surface area contributed by atoms with E-state index in [1.165, 1.54) is 12.1 Å². The molecule has 8 nitrogen and oxygen atoms in total. The summed E-state index contributed by atoms with van der Waals surface area (Å²) in [6.07, 6.45) is -3.72. The Kier molecular flexibility index (Phi) is 6.65. The number of nitrogens with one attached hydrogen (secondary N) is 1. The summed E-state index contributed by atoms with van der Waals surface area (Å²) in [7, 11) is 0. The Morgan fingerprint density at radius 3 is 2.58 bits per heavy atom. The molecule has 0 heterocycles. The van der Waals surface area contributed by atoms with Crippen molar-refractivity contribution in [1.29, 1.82) is 0 Å². The van der Waals surface area contributed by atoms with Gasteiger partial charge in [0.15, 0.2) is 0 Å². The molecule has 0 aliphatic rings. The van der Waals surface area contributed by atoms with Crippen molar-refractivity contribution in [3.8, 4) is 0 Å². The number of amides is 1. The number of nitrogens with zero attached hydrogens (tertiary/aromatic N) is 1. The molecule has 0 saturated heterocycles. The van der Waals surface area contributed by atoms with E-state index in [0.29, 0.717) is 5.56 Å². The first kappa shape index (κ1) is 19.4. The van der Waals surface area contributed by atoms with Crippen LogP contribution >= 0.6 is 0 Å². The van der Waals surface area contributed by atoms with Crippen LogP contribution in [-0.2, 0) is 11.3 Å². The molecular formula is C18H20N2O6. The van der Waals surface area contributed by atoms with Crippen LogP contribution in [0.2, 0.25) is 0 Å². The molecule has 0 saturated carbocycles. The fraction of sp³-hybridized carbons (Fsp3) is 0.278. The number of hydrogen-bond donors (Lipinski definition) is 3. The third-order valence-corrected chi connectivity index (χ3v) is 3.73. The highest BCUT2D eigenvalue weighted by molar-refractivity contribution is 5.67. The van der Waals surface area contributed by atoms with Crippen LogP contribution in [0.1, 0.15) is 22.8 Å². The first-order valence-corrected chi connectivity index (χ1v) is 7.94. The van der Waals surface area contributed by atoms with Crippen LogP contribution in [0.3, 0.4) is 0 Å². The summed E-state index contributed by atoms with van der Waals surface area (Å²) in [6, 6.07) is 13.3. The molecule has 8 heteroatoms. The molecule has 3 N–H and O–H groups in total. The van der Waals surface area contributed by atoms with E-state index >= 15 is 0 Å². The number of carbonyl (C=O) groups is 1. The lowest BCUT2D eigenvalue weighted by Gasteiger charge is -2.19. The van der Waals surface area contributed by atoms with Gasteiger partial charge in [-0.15, -0.1) is 0 Å². The Bertz CT molecular complexity index is 766. The molecule has 2 aromatic carbocycles. The number of nitro benzene ring substituents is 1. The van der Waals surface area contributed by atoms with Gasteiger partial charge in [0.2, 0.25) is 0 Å². The van der Waals surface area contributed by atoms with Gasteiger partial charge < -0.3 is 20.3 Å². The summed E-state index contributed by atoms with van der Waals surface area (Å²) in [5.74, 6) is 0. The summed E-state index contributed by atoms with van der Waals surface area (Å²) in [5, 5.41) is 33.7. The molecule has 0 bridgehead atoms. The van der Waals surface area contributed by atoms with Crippen molar-refractivity contribution in [2.24, 2.45) is 0 Å². The third kappa shape index (κ3) is 5.27. The molecule has 1 amide bonds. The Morgan fingerprint density at radius 1 is 1.23 bits per heavy atom. The second-order valence-electron chi connectivity index (χ2n) is 5.77. The van der Waals surface area contributed by atoms with E-state index < -0.39 is 23.2 Å². The highest BCUT2D eigenvalue weighted by atomic mass is 16.6. The standard InChI is InChI=1S/C18H20N2O6/c1-12-7-8-15(20(24)25)14(9-12)17(22)16(21)10-19-18(23)26-11-13-5-3-2-4-6-13/h2-9,16-17,21-22H,10-11H2,1H3,(H,19,23). The number of nitro groups is 1. The molecule has 0 aromatic heterocycles. The maximum Gasteiger partial charge on any atom is 0.407 e. The number of hydrogen-bond acceptors (Lipinski definition) is 6. The molecule has 2 unspecified atom stereocenters. The van der Waals surface area contributed by atoms with E-state index in [9.17, 15) is 25.1 Å². The molecule has 0 fully saturated rings. The number of aliphatic hydroxyl groups is 2. The fourth-order valence-corrected chi connectivity index (χ4v) is 2.36. The quantitative estimate of drug-likeness (QED) is 0.514. The average Bonchev–Trinajstić information content (AvgIpc) is 2.64. The second kappa shape index (κ2) is 8.93. The minimum atomic E-state index is -1.52. The third-order valence-electron chi connectivity index (χ3n) is 3.73. The lowest BCUT2D eigenvalue weighted by Crippen LogP contribution is -2.36. The van der Waals surface area contributed by atoms with Crippen LogP contribution < -0.4 is 5.32 Å². The van der Waals surface area contributed by atoms with Crippen molar-refractivity contribution in [2.45, 2.75) is 25.7 Å². The average molecular weight is 360 g/mol. The van der Waals surface area contributed by atoms with Gasteiger partial charge in [0.1, 0.15) is 18.8 Å². The lowest BCUT2D eigenvalue weighted by atomic mass is 10.00. The maximum absolute atomic E-state index is 11.7. The second-order valence-corrected chi connectivity index (χ2v) is 5.77. The fourth-order valence-electron chi connectivity index (χ4n) is 2.36. The summed E-state index contributed by atoms with van der Waals surface area (Å²) in [6.45, 7) is 1.46. The predicted octanol–water partition coefficient (Wildman–Crippen LogP) is 2.22. The first-order chi connectivity index (χ1) is 12.4. The molecule has 0 radical (unpaired) electrons. The first-order valence-electron chi connectivity index (χ1n) is 7.94. The summed E-state index contributed by atoms with van der Waals surface area (Å²) in [5.41, 5.74) is 1.20. The van der Waals surface area contributed by atoms with Gasteiger partial charge in [-0.3, -0.25) is 10.1 Å². The van der Waals surface area contributed by atoms with Crippen LogP contribution in [0.4, 0.5) is 10.5 Å². The number of ether oxygens (including phenoxy) is 1. The molecule has 2 aromatic rings. The topological polar surface area (TPSA) is 122 Å². The van der Waals surface area contributed by atoms with Gasteiger partial charge in [0.25, 0.3) is 5.69 Å². The normalized spacial score (nSPS) is 12.9. The number of aliphatic hydroxyl groups excluding tert-OH is 2. The number of aryl methyl sites for hydroxylation is 1. The predicted molar refractivity (Wildman–Crippen MR) is 93.4 cm³/mol. The van der Waals surface area contributed by atoms with Crippen LogP contribution in [0.15, 0.2) is 48.5 Å². The van der Waals surface area contributed by atoms with Gasteiger partial charge in [0, 0.05) is 12.6 Å². The van der Waals surface area contributed by atoms with Crippen molar-refractivity contribution in [2.75, 3.05) is 6.54 Å². The van der Waals surface area contributed by atoms with E-state index in [-0.39, 0.29) is 24.4 Å². The van der Waals surface area contributed by atoms with Crippen molar-refractivity contribution in [1.82, 2.24) is 5.32 Å². The minimum absolute atomic E-state index is 0.0121. The largest absolute Gasteiger partial charge is 0.445 e. The smallest absolute Gasteiger partial charge is 0.407 e. The van der Waals surface area contributed by atoms with Crippen LogP contribution in [-0.4, -0.2) is 33.9 Å².